The first-order valence-electron chi connectivity index (χ1n) is 5.60. The van der Waals surface area contributed by atoms with Gasteiger partial charge in [-0.2, -0.15) is 0 Å². The molecule has 0 unspecified atom stereocenters. The Morgan fingerprint density at radius 2 is 1.94 bits per heavy atom. The monoisotopic (exact) mass is 320 g/mol. The first-order valence-corrected chi connectivity index (χ1v) is 7.27. The molecule has 1 heterocycles. The summed E-state index contributed by atoms with van der Waals surface area (Å²) in [6.45, 7) is 3.66. The van der Waals surface area contributed by atoms with Crippen molar-refractivity contribution in [2.75, 3.05) is 0 Å². The number of thiophene rings is 1. The second kappa shape index (κ2) is 5.63. The Kier molecular flexibility index (Phi) is 4.15. The lowest BCUT2D eigenvalue weighted by atomic mass is 10.0. The molecule has 0 atom stereocenters. The van der Waals surface area contributed by atoms with Crippen LogP contribution in [0, 0.1) is 6.92 Å². The molecule has 0 bridgehead atoms. The molecule has 0 saturated carbocycles. The maximum Gasteiger partial charge on any atom is 0.160 e. The van der Waals surface area contributed by atoms with Crippen molar-refractivity contribution in [2.24, 2.45) is 0 Å². The zero-order chi connectivity index (χ0) is 13.1. The molecule has 2 aromatic rings. The van der Waals surface area contributed by atoms with Crippen LogP contribution >= 0.6 is 27.3 Å². The molecule has 0 aliphatic heterocycles. The van der Waals surface area contributed by atoms with Gasteiger partial charge >= 0.3 is 0 Å². The van der Waals surface area contributed by atoms with Crippen molar-refractivity contribution in [3.05, 3.63) is 56.2 Å². The quantitative estimate of drug-likeness (QED) is 0.731. The molecule has 0 saturated heterocycles. The number of carbonyl (C=O) groups is 1. The predicted molar refractivity (Wildman–Crippen MR) is 81.8 cm³/mol. The van der Waals surface area contributed by atoms with E-state index in [9.17, 15) is 4.79 Å². The van der Waals surface area contributed by atoms with Gasteiger partial charge in [0.05, 0.1) is 0 Å². The highest BCUT2D eigenvalue weighted by molar-refractivity contribution is 9.10. The van der Waals surface area contributed by atoms with E-state index < -0.39 is 0 Å². The number of ketones is 1. The third-order valence-electron chi connectivity index (χ3n) is 2.57. The Morgan fingerprint density at radius 3 is 2.44 bits per heavy atom. The highest BCUT2D eigenvalue weighted by Gasteiger charge is 2.08. The molecule has 1 aromatic heterocycles. The second-order valence-electron chi connectivity index (χ2n) is 4.15. The number of hydrogen-bond donors (Lipinski definition) is 0. The minimum absolute atomic E-state index is 0.0865. The van der Waals surface area contributed by atoms with Gasteiger partial charge in [-0.15, -0.1) is 11.3 Å². The number of carbonyl (C=O) groups excluding carboxylic acids is 1. The molecular formula is C15H13BrOS. The van der Waals surface area contributed by atoms with Gasteiger partial charge in [0.25, 0.3) is 0 Å². The minimum Gasteiger partial charge on any atom is -0.294 e. The number of Topliss-reactive ketones (excluding diaryl/α,β-unsaturated/α-hetero) is 1. The molecular weight excluding hydrogens is 308 g/mol. The standard InChI is InChI=1S/C15H13BrOS/c1-10-7-14(18-9-10)8-15(11(2)17)12-3-5-13(16)6-4-12/h3-9H,1-2H3. The molecule has 0 spiro atoms. The topological polar surface area (TPSA) is 17.1 Å². The average molecular weight is 321 g/mol. The smallest absolute Gasteiger partial charge is 0.160 e. The van der Waals surface area contributed by atoms with Crippen LogP contribution in [-0.2, 0) is 4.79 Å². The van der Waals surface area contributed by atoms with E-state index in [1.165, 1.54) is 5.56 Å². The lowest BCUT2D eigenvalue weighted by Crippen LogP contribution is -1.95. The largest absolute Gasteiger partial charge is 0.294 e. The Bertz CT molecular complexity index is 593. The Labute approximate surface area is 119 Å². The van der Waals surface area contributed by atoms with Crippen molar-refractivity contribution in [3.63, 3.8) is 0 Å². The molecule has 0 N–H and O–H groups in total. The average Bonchev–Trinajstić information content (AvgIpc) is 2.73. The Balaban J connectivity index is 2.43. The van der Waals surface area contributed by atoms with Gasteiger partial charge in [0, 0.05) is 14.9 Å². The summed E-state index contributed by atoms with van der Waals surface area (Å²) in [5, 5.41) is 2.09. The number of aryl methyl sites for hydroxylation is 1. The van der Waals surface area contributed by atoms with Crippen LogP contribution in [0.4, 0.5) is 0 Å². The van der Waals surface area contributed by atoms with Crippen LogP contribution in [0.1, 0.15) is 22.9 Å². The summed E-state index contributed by atoms with van der Waals surface area (Å²) in [4.78, 5) is 12.9. The molecule has 3 heteroatoms. The van der Waals surface area contributed by atoms with Crippen LogP contribution < -0.4 is 0 Å². The van der Waals surface area contributed by atoms with Gasteiger partial charge in [0.15, 0.2) is 5.78 Å². The van der Waals surface area contributed by atoms with E-state index in [2.05, 4.69) is 34.3 Å². The van der Waals surface area contributed by atoms with Crippen molar-refractivity contribution in [3.8, 4) is 0 Å². The van der Waals surface area contributed by atoms with Crippen molar-refractivity contribution >= 4 is 44.7 Å². The van der Waals surface area contributed by atoms with E-state index >= 15 is 0 Å². The molecule has 0 radical (unpaired) electrons. The first kappa shape index (κ1) is 13.2. The summed E-state index contributed by atoms with van der Waals surface area (Å²) in [7, 11) is 0. The van der Waals surface area contributed by atoms with E-state index in [1.807, 2.05) is 30.3 Å². The zero-order valence-electron chi connectivity index (χ0n) is 10.2. The van der Waals surface area contributed by atoms with Crippen LogP contribution in [0.2, 0.25) is 0 Å². The SMILES string of the molecule is CC(=O)C(=Cc1cc(C)cs1)c1ccc(Br)cc1. The number of benzene rings is 1. The van der Waals surface area contributed by atoms with Crippen LogP contribution in [0.25, 0.3) is 11.6 Å². The lowest BCUT2D eigenvalue weighted by Gasteiger charge is -2.03. The number of rotatable bonds is 3. The zero-order valence-corrected chi connectivity index (χ0v) is 12.6. The molecule has 0 amide bonds. The van der Waals surface area contributed by atoms with Crippen molar-refractivity contribution in [1.29, 1.82) is 0 Å². The van der Waals surface area contributed by atoms with Gasteiger partial charge in [0.1, 0.15) is 0 Å². The van der Waals surface area contributed by atoms with E-state index in [-0.39, 0.29) is 5.78 Å². The summed E-state index contributed by atoms with van der Waals surface area (Å²) in [5.74, 6) is 0.0865. The van der Waals surface area contributed by atoms with Crippen LogP contribution in [0.3, 0.4) is 0 Å². The maximum absolute atomic E-state index is 11.8. The van der Waals surface area contributed by atoms with Crippen LogP contribution in [0.5, 0.6) is 0 Å². The summed E-state index contributed by atoms with van der Waals surface area (Å²) in [6, 6.07) is 9.90. The fourth-order valence-corrected chi connectivity index (χ4v) is 2.78. The minimum atomic E-state index is 0.0865. The Hall–Kier alpha value is -1.19. The normalized spacial score (nSPS) is 11.6. The van der Waals surface area contributed by atoms with E-state index in [1.54, 1.807) is 18.3 Å². The highest BCUT2D eigenvalue weighted by Crippen LogP contribution is 2.24. The van der Waals surface area contributed by atoms with E-state index in [0.29, 0.717) is 0 Å². The van der Waals surface area contributed by atoms with E-state index in [0.717, 1.165) is 20.5 Å². The molecule has 18 heavy (non-hydrogen) atoms. The molecule has 2 rings (SSSR count). The molecule has 0 aliphatic carbocycles. The third kappa shape index (κ3) is 3.18. The molecule has 0 fully saturated rings. The highest BCUT2D eigenvalue weighted by atomic mass is 79.9. The number of halogens is 1. The summed E-state index contributed by atoms with van der Waals surface area (Å²) in [5.41, 5.74) is 2.94. The van der Waals surface area contributed by atoms with Gasteiger partial charge in [-0.1, -0.05) is 28.1 Å². The molecule has 92 valence electrons. The van der Waals surface area contributed by atoms with Crippen molar-refractivity contribution in [1.82, 2.24) is 0 Å². The second-order valence-corrected chi connectivity index (χ2v) is 6.01. The predicted octanol–water partition coefficient (Wildman–Crippen LogP) is 4.95. The van der Waals surface area contributed by atoms with Crippen molar-refractivity contribution < 1.29 is 4.79 Å². The summed E-state index contributed by atoms with van der Waals surface area (Å²) >= 11 is 5.05. The molecule has 1 aromatic carbocycles. The van der Waals surface area contributed by atoms with Gasteiger partial charge in [-0.3, -0.25) is 4.79 Å². The van der Waals surface area contributed by atoms with Crippen LogP contribution in [0.15, 0.2) is 40.2 Å². The third-order valence-corrected chi connectivity index (χ3v) is 4.10. The maximum atomic E-state index is 11.8. The van der Waals surface area contributed by atoms with Gasteiger partial charge in [0.2, 0.25) is 0 Å². The number of allylic oxidation sites excluding steroid dienone is 1. The summed E-state index contributed by atoms with van der Waals surface area (Å²) < 4.78 is 1.01. The van der Waals surface area contributed by atoms with Gasteiger partial charge in [-0.05, 0) is 54.6 Å². The number of hydrogen-bond acceptors (Lipinski definition) is 2. The van der Waals surface area contributed by atoms with E-state index in [4.69, 9.17) is 0 Å². The van der Waals surface area contributed by atoms with Crippen molar-refractivity contribution in [2.45, 2.75) is 13.8 Å². The van der Waals surface area contributed by atoms with Crippen LogP contribution in [-0.4, -0.2) is 5.78 Å². The first-order chi connectivity index (χ1) is 8.56. The van der Waals surface area contributed by atoms with Gasteiger partial charge < -0.3 is 0 Å². The fourth-order valence-electron chi connectivity index (χ4n) is 1.69. The fraction of sp³-hybridized carbons (Fsp3) is 0.133. The van der Waals surface area contributed by atoms with Gasteiger partial charge in [-0.25, -0.2) is 0 Å². The molecule has 0 aliphatic rings. The Morgan fingerprint density at radius 1 is 1.28 bits per heavy atom. The lowest BCUT2D eigenvalue weighted by molar-refractivity contribution is -0.111. The molecule has 1 nitrogen and oxygen atoms in total. The summed E-state index contributed by atoms with van der Waals surface area (Å²) in [6.07, 6.45) is 1.96.